The number of nitrogens with one attached hydrogen (secondary N) is 1. The van der Waals surface area contributed by atoms with Crippen molar-refractivity contribution in [2.45, 2.75) is 39.5 Å². The van der Waals surface area contributed by atoms with Crippen LogP contribution < -0.4 is 5.32 Å². The van der Waals surface area contributed by atoms with Crippen LogP contribution in [-0.4, -0.2) is 60.9 Å². The summed E-state index contributed by atoms with van der Waals surface area (Å²) in [6, 6.07) is 16.6. The maximum atomic E-state index is 12.6. The first-order valence-corrected chi connectivity index (χ1v) is 12.7. The number of benzene rings is 2. The second-order valence-electron chi connectivity index (χ2n) is 9.77. The summed E-state index contributed by atoms with van der Waals surface area (Å²) >= 11 is 0. The van der Waals surface area contributed by atoms with Crippen LogP contribution in [0, 0.1) is 0 Å². The van der Waals surface area contributed by atoms with Crippen molar-refractivity contribution < 1.29 is 9.59 Å². The predicted molar refractivity (Wildman–Crippen MR) is 145 cm³/mol. The van der Waals surface area contributed by atoms with E-state index in [-0.39, 0.29) is 11.8 Å². The van der Waals surface area contributed by atoms with E-state index in [0.717, 1.165) is 30.8 Å². The maximum Gasteiger partial charge on any atom is 0.246 e. The molecule has 1 N–H and O–H groups in total. The Morgan fingerprint density at radius 1 is 0.771 bits per heavy atom. The molecule has 0 unspecified atom stereocenters. The summed E-state index contributed by atoms with van der Waals surface area (Å²) in [4.78, 5) is 28.9. The number of nitrogens with zero attached hydrogens (tertiary/aromatic N) is 2. The molecule has 35 heavy (non-hydrogen) atoms. The van der Waals surface area contributed by atoms with Gasteiger partial charge in [-0.05, 0) is 46.2 Å². The van der Waals surface area contributed by atoms with Gasteiger partial charge < -0.3 is 10.2 Å². The zero-order valence-corrected chi connectivity index (χ0v) is 21.5. The van der Waals surface area contributed by atoms with Crippen LogP contribution in [0.25, 0.3) is 12.2 Å². The molecule has 2 aromatic carbocycles. The van der Waals surface area contributed by atoms with Crippen molar-refractivity contribution in [1.29, 1.82) is 0 Å². The lowest BCUT2D eigenvalue weighted by Gasteiger charge is -2.34. The molecule has 3 rings (SSSR count). The number of piperazine rings is 1. The average Bonchev–Trinajstić information content (AvgIpc) is 2.87. The highest BCUT2D eigenvalue weighted by molar-refractivity contribution is 5.92. The van der Waals surface area contributed by atoms with E-state index in [9.17, 15) is 9.59 Å². The molecule has 0 radical (unpaired) electrons. The normalized spacial score (nSPS) is 15.0. The highest BCUT2D eigenvalue weighted by Gasteiger charge is 2.19. The minimum absolute atomic E-state index is 0.0532. The quantitative estimate of drug-likeness (QED) is 0.526. The van der Waals surface area contributed by atoms with Crippen LogP contribution in [0.2, 0.25) is 0 Å². The molecule has 1 fully saturated rings. The Labute approximate surface area is 210 Å². The third-order valence-corrected chi connectivity index (χ3v) is 6.46. The first-order chi connectivity index (χ1) is 16.8. The summed E-state index contributed by atoms with van der Waals surface area (Å²) in [7, 11) is 0. The van der Waals surface area contributed by atoms with Crippen LogP contribution in [0.1, 0.15) is 61.8 Å². The second kappa shape index (κ2) is 13.1. The zero-order chi connectivity index (χ0) is 25.2. The van der Waals surface area contributed by atoms with Crippen LogP contribution in [0.5, 0.6) is 0 Å². The van der Waals surface area contributed by atoms with Crippen molar-refractivity contribution in [2.24, 2.45) is 0 Å². The fraction of sp³-hybridized carbons (Fsp3) is 0.400. The standard InChI is InChI=1S/C30H39N3O2/c1-23(2)27-11-5-25(6-12-27)9-15-29(34)31-17-18-32-19-21-33(22-20-32)30(35)16-10-26-7-13-28(14-8-26)24(3)4/h5-16,23-24H,17-22H2,1-4H3,(H,31,34)/b15-9+,16-10+. The van der Waals surface area contributed by atoms with Gasteiger partial charge in [-0.3, -0.25) is 14.5 Å². The molecule has 1 saturated heterocycles. The van der Waals surface area contributed by atoms with E-state index in [1.165, 1.54) is 11.1 Å². The summed E-state index contributed by atoms with van der Waals surface area (Å²) in [5, 5.41) is 2.95. The first kappa shape index (κ1) is 26.4. The molecule has 0 aromatic heterocycles. The highest BCUT2D eigenvalue weighted by Crippen LogP contribution is 2.16. The first-order valence-electron chi connectivity index (χ1n) is 12.7. The smallest absolute Gasteiger partial charge is 0.246 e. The molecule has 5 heteroatoms. The van der Waals surface area contributed by atoms with Gasteiger partial charge in [-0.15, -0.1) is 0 Å². The molecule has 1 aliphatic heterocycles. The van der Waals surface area contributed by atoms with Gasteiger partial charge in [0, 0.05) is 51.4 Å². The van der Waals surface area contributed by atoms with E-state index in [2.05, 4.69) is 74.3 Å². The summed E-state index contributed by atoms with van der Waals surface area (Å²) in [6.45, 7) is 13.1. The Morgan fingerprint density at radius 2 is 1.26 bits per heavy atom. The molecule has 0 aliphatic carbocycles. The van der Waals surface area contributed by atoms with Crippen molar-refractivity contribution in [1.82, 2.24) is 15.1 Å². The maximum absolute atomic E-state index is 12.6. The molecule has 0 spiro atoms. The zero-order valence-electron chi connectivity index (χ0n) is 21.5. The van der Waals surface area contributed by atoms with Gasteiger partial charge in [0.2, 0.25) is 11.8 Å². The van der Waals surface area contributed by atoms with E-state index >= 15 is 0 Å². The summed E-state index contributed by atoms with van der Waals surface area (Å²) < 4.78 is 0. The third-order valence-electron chi connectivity index (χ3n) is 6.46. The molecular weight excluding hydrogens is 434 g/mol. The van der Waals surface area contributed by atoms with E-state index < -0.39 is 0 Å². The van der Waals surface area contributed by atoms with Crippen molar-refractivity contribution in [3.63, 3.8) is 0 Å². The van der Waals surface area contributed by atoms with Gasteiger partial charge in [-0.2, -0.15) is 0 Å². The molecule has 5 nitrogen and oxygen atoms in total. The van der Waals surface area contributed by atoms with Crippen LogP contribution in [0.15, 0.2) is 60.7 Å². The number of hydrogen-bond acceptors (Lipinski definition) is 3. The third kappa shape index (κ3) is 8.52. The molecule has 186 valence electrons. The van der Waals surface area contributed by atoms with Crippen LogP contribution in [0.3, 0.4) is 0 Å². The van der Waals surface area contributed by atoms with Crippen molar-refractivity contribution in [2.75, 3.05) is 39.3 Å². The molecule has 2 aromatic rings. The van der Waals surface area contributed by atoms with Crippen LogP contribution >= 0.6 is 0 Å². The summed E-state index contributed by atoms with van der Waals surface area (Å²) in [5.74, 6) is 0.972. The number of amides is 2. The number of rotatable bonds is 9. The fourth-order valence-corrected chi connectivity index (χ4v) is 4.02. The minimum Gasteiger partial charge on any atom is -0.351 e. The Balaban J connectivity index is 1.34. The van der Waals surface area contributed by atoms with Gasteiger partial charge in [0.15, 0.2) is 0 Å². The van der Waals surface area contributed by atoms with Gasteiger partial charge in [-0.25, -0.2) is 0 Å². The highest BCUT2D eigenvalue weighted by atomic mass is 16.2. The van der Waals surface area contributed by atoms with Gasteiger partial charge in [-0.1, -0.05) is 76.2 Å². The topological polar surface area (TPSA) is 52.7 Å². The number of carbonyl (C=O) groups excluding carboxylic acids is 2. The molecular formula is C30H39N3O2. The SMILES string of the molecule is CC(C)c1ccc(/C=C/C(=O)NCCN2CCN(C(=O)/C=C/c3ccc(C(C)C)cc3)CC2)cc1. The van der Waals surface area contributed by atoms with Gasteiger partial charge >= 0.3 is 0 Å². The van der Waals surface area contributed by atoms with Gasteiger partial charge in [0.05, 0.1) is 0 Å². The van der Waals surface area contributed by atoms with Crippen LogP contribution in [0.4, 0.5) is 0 Å². The van der Waals surface area contributed by atoms with E-state index in [4.69, 9.17) is 0 Å². The monoisotopic (exact) mass is 473 g/mol. The van der Waals surface area contributed by atoms with Gasteiger partial charge in [0.25, 0.3) is 0 Å². The van der Waals surface area contributed by atoms with Crippen LogP contribution in [-0.2, 0) is 9.59 Å². The fourth-order valence-electron chi connectivity index (χ4n) is 4.02. The molecule has 0 bridgehead atoms. The van der Waals surface area contributed by atoms with Crippen molar-refractivity contribution >= 4 is 24.0 Å². The largest absolute Gasteiger partial charge is 0.351 e. The summed E-state index contributed by atoms with van der Waals surface area (Å²) in [5.41, 5.74) is 4.65. The average molecular weight is 474 g/mol. The minimum atomic E-state index is -0.0849. The lowest BCUT2D eigenvalue weighted by Crippen LogP contribution is -2.49. The molecule has 1 aliphatic rings. The Bertz CT molecular complexity index is 1010. The summed E-state index contributed by atoms with van der Waals surface area (Å²) in [6.07, 6.45) is 6.99. The lowest BCUT2D eigenvalue weighted by molar-refractivity contribution is -0.127. The Kier molecular flexibility index (Phi) is 9.86. The van der Waals surface area contributed by atoms with E-state index in [1.807, 2.05) is 29.2 Å². The molecule has 0 atom stereocenters. The van der Waals surface area contributed by atoms with E-state index in [0.29, 0.717) is 31.5 Å². The van der Waals surface area contributed by atoms with Gasteiger partial charge in [0.1, 0.15) is 0 Å². The van der Waals surface area contributed by atoms with E-state index in [1.54, 1.807) is 12.2 Å². The molecule has 1 heterocycles. The Morgan fingerprint density at radius 3 is 1.74 bits per heavy atom. The number of carbonyl (C=O) groups is 2. The number of hydrogen-bond donors (Lipinski definition) is 1. The predicted octanol–water partition coefficient (Wildman–Crippen LogP) is 4.92. The lowest BCUT2D eigenvalue weighted by atomic mass is 10.0. The van der Waals surface area contributed by atoms with Crippen molar-refractivity contribution in [3.8, 4) is 0 Å². The van der Waals surface area contributed by atoms with Crippen molar-refractivity contribution in [3.05, 3.63) is 82.9 Å². The second-order valence-corrected chi connectivity index (χ2v) is 9.77. The molecule has 0 saturated carbocycles. The Hall–Kier alpha value is -3.18. The molecule has 2 amide bonds.